The van der Waals surface area contributed by atoms with E-state index in [9.17, 15) is 13.2 Å². The van der Waals surface area contributed by atoms with Gasteiger partial charge in [0.2, 0.25) is 5.95 Å². The quantitative estimate of drug-likeness (QED) is 0.882. The van der Waals surface area contributed by atoms with Gasteiger partial charge in [0.25, 0.3) is 0 Å². The van der Waals surface area contributed by atoms with Crippen LogP contribution in [0.5, 0.6) is 5.75 Å². The highest BCUT2D eigenvalue weighted by molar-refractivity contribution is 5.27. The van der Waals surface area contributed by atoms with Gasteiger partial charge < -0.3 is 16.2 Å². The normalized spacial score (nSPS) is 10.4. The lowest BCUT2D eigenvalue weighted by Gasteiger charge is -2.08. The van der Waals surface area contributed by atoms with Gasteiger partial charge in [0.1, 0.15) is 5.75 Å². The van der Waals surface area contributed by atoms with Gasteiger partial charge in [-0.25, -0.2) is 9.97 Å². The molecule has 1 heterocycles. The Morgan fingerprint density at radius 1 is 1.05 bits per heavy atom. The Kier molecular flexibility index (Phi) is 5.73. The highest BCUT2D eigenvalue weighted by atomic mass is 19.4. The molecule has 0 aliphatic rings. The first kappa shape index (κ1) is 15.7. The van der Waals surface area contributed by atoms with Crippen molar-refractivity contribution < 1.29 is 17.9 Å². The van der Waals surface area contributed by atoms with Gasteiger partial charge in [-0.05, 0) is 23.8 Å². The SMILES string of the molecule is NCc1ccc(OC(F)(F)F)cc1.Nc1ncccn1. The molecular formula is C12H13F3N4O. The van der Waals surface area contributed by atoms with E-state index < -0.39 is 6.36 Å². The van der Waals surface area contributed by atoms with Crippen molar-refractivity contribution in [3.8, 4) is 5.75 Å². The minimum absolute atomic E-state index is 0.232. The molecule has 0 atom stereocenters. The summed E-state index contributed by atoms with van der Waals surface area (Å²) >= 11 is 0. The summed E-state index contributed by atoms with van der Waals surface area (Å²) in [5.74, 6) is 0.0900. The highest BCUT2D eigenvalue weighted by Crippen LogP contribution is 2.22. The standard InChI is InChI=1S/C8H8F3NO.C4H5N3/c9-8(10,11)13-7-3-1-6(5-12)2-4-7;5-4-6-2-1-3-7-4/h1-4H,5,12H2;1-3H,(H2,5,6,7). The molecule has 2 rings (SSSR count). The lowest BCUT2D eigenvalue weighted by atomic mass is 10.2. The van der Waals surface area contributed by atoms with E-state index in [1.165, 1.54) is 24.3 Å². The zero-order valence-electron chi connectivity index (χ0n) is 10.3. The van der Waals surface area contributed by atoms with Crippen molar-refractivity contribution in [1.29, 1.82) is 0 Å². The number of rotatable bonds is 2. The summed E-state index contributed by atoms with van der Waals surface area (Å²) in [5.41, 5.74) is 11.2. The summed E-state index contributed by atoms with van der Waals surface area (Å²) in [6.07, 6.45) is -1.44. The number of aromatic nitrogens is 2. The monoisotopic (exact) mass is 286 g/mol. The van der Waals surface area contributed by atoms with Crippen LogP contribution in [-0.2, 0) is 6.54 Å². The second kappa shape index (κ2) is 7.29. The predicted octanol–water partition coefficient (Wildman–Crippen LogP) is 2.10. The smallest absolute Gasteiger partial charge is 0.406 e. The number of nitrogens with zero attached hydrogens (tertiary/aromatic N) is 2. The first-order valence-electron chi connectivity index (χ1n) is 5.48. The Labute approximate surface area is 113 Å². The van der Waals surface area contributed by atoms with E-state index in [1.54, 1.807) is 18.5 Å². The summed E-state index contributed by atoms with van der Waals surface area (Å²) in [4.78, 5) is 7.29. The third-order valence-corrected chi connectivity index (χ3v) is 1.98. The van der Waals surface area contributed by atoms with Crippen LogP contribution in [0.4, 0.5) is 19.1 Å². The van der Waals surface area contributed by atoms with E-state index in [1.807, 2.05) is 0 Å². The molecule has 0 aliphatic carbocycles. The highest BCUT2D eigenvalue weighted by Gasteiger charge is 2.30. The van der Waals surface area contributed by atoms with Gasteiger partial charge in [-0.2, -0.15) is 0 Å². The fraction of sp³-hybridized carbons (Fsp3) is 0.167. The molecule has 5 nitrogen and oxygen atoms in total. The Morgan fingerprint density at radius 3 is 1.95 bits per heavy atom. The lowest BCUT2D eigenvalue weighted by molar-refractivity contribution is -0.274. The number of benzene rings is 1. The van der Waals surface area contributed by atoms with E-state index >= 15 is 0 Å². The van der Waals surface area contributed by atoms with Gasteiger partial charge in [-0.15, -0.1) is 13.2 Å². The van der Waals surface area contributed by atoms with Crippen LogP contribution < -0.4 is 16.2 Å². The average molecular weight is 286 g/mol. The average Bonchev–Trinajstić information content (AvgIpc) is 2.39. The molecule has 0 unspecified atom stereocenters. The van der Waals surface area contributed by atoms with Crippen LogP contribution in [-0.4, -0.2) is 16.3 Å². The minimum Gasteiger partial charge on any atom is -0.406 e. The zero-order chi connectivity index (χ0) is 15.0. The van der Waals surface area contributed by atoms with Crippen molar-refractivity contribution >= 4 is 5.95 Å². The zero-order valence-corrected chi connectivity index (χ0v) is 10.3. The fourth-order valence-electron chi connectivity index (χ4n) is 1.14. The van der Waals surface area contributed by atoms with Crippen LogP contribution in [0.2, 0.25) is 0 Å². The second-order valence-corrected chi connectivity index (χ2v) is 3.50. The Balaban J connectivity index is 0.000000240. The Bertz CT molecular complexity index is 502. The van der Waals surface area contributed by atoms with E-state index in [4.69, 9.17) is 11.5 Å². The van der Waals surface area contributed by atoms with Gasteiger partial charge in [0, 0.05) is 18.9 Å². The molecule has 2 aromatic rings. The van der Waals surface area contributed by atoms with Crippen molar-refractivity contribution in [3.05, 3.63) is 48.3 Å². The van der Waals surface area contributed by atoms with Crippen molar-refractivity contribution in [3.63, 3.8) is 0 Å². The van der Waals surface area contributed by atoms with Gasteiger partial charge in [0.15, 0.2) is 0 Å². The fourth-order valence-corrected chi connectivity index (χ4v) is 1.14. The second-order valence-electron chi connectivity index (χ2n) is 3.50. The molecule has 1 aromatic heterocycles. The molecule has 8 heteroatoms. The number of hydrogen-bond acceptors (Lipinski definition) is 5. The summed E-state index contributed by atoms with van der Waals surface area (Å²) in [7, 11) is 0. The van der Waals surface area contributed by atoms with E-state index in [2.05, 4.69) is 14.7 Å². The van der Waals surface area contributed by atoms with Gasteiger partial charge in [-0.3, -0.25) is 0 Å². The number of nitrogen functional groups attached to an aromatic ring is 1. The summed E-state index contributed by atoms with van der Waals surface area (Å²) in [6.45, 7) is 0.298. The molecule has 20 heavy (non-hydrogen) atoms. The predicted molar refractivity (Wildman–Crippen MR) is 67.5 cm³/mol. The molecule has 1 aromatic carbocycles. The van der Waals surface area contributed by atoms with Gasteiger partial charge >= 0.3 is 6.36 Å². The molecule has 0 bridgehead atoms. The van der Waals surface area contributed by atoms with Crippen LogP contribution in [0, 0.1) is 0 Å². The molecule has 0 aliphatic heterocycles. The molecule has 0 saturated carbocycles. The third kappa shape index (κ3) is 6.55. The van der Waals surface area contributed by atoms with Crippen molar-refractivity contribution in [2.75, 3.05) is 5.73 Å². The van der Waals surface area contributed by atoms with E-state index in [0.717, 1.165) is 5.56 Å². The third-order valence-electron chi connectivity index (χ3n) is 1.98. The number of anilines is 1. The minimum atomic E-state index is -4.63. The lowest BCUT2D eigenvalue weighted by Crippen LogP contribution is -2.17. The van der Waals surface area contributed by atoms with Crippen LogP contribution >= 0.6 is 0 Å². The number of nitrogens with two attached hydrogens (primary N) is 2. The molecule has 108 valence electrons. The van der Waals surface area contributed by atoms with Crippen molar-refractivity contribution in [2.45, 2.75) is 12.9 Å². The maximum atomic E-state index is 11.7. The number of ether oxygens (including phenoxy) is 1. The van der Waals surface area contributed by atoms with Gasteiger partial charge in [0.05, 0.1) is 0 Å². The maximum absolute atomic E-state index is 11.7. The van der Waals surface area contributed by atoms with E-state index in [-0.39, 0.29) is 5.75 Å². The first-order valence-corrected chi connectivity index (χ1v) is 5.48. The first-order chi connectivity index (χ1) is 9.40. The largest absolute Gasteiger partial charge is 0.573 e. The molecule has 0 fully saturated rings. The molecule has 0 spiro atoms. The summed E-state index contributed by atoms with van der Waals surface area (Å²) in [6, 6.07) is 7.16. The van der Waals surface area contributed by atoms with Crippen LogP contribution in [0.1, 0.15) is 5.56 Å². The summed E-state index contributed by atoms with van der Waals surface area (Å²) in [5, 5.41) is 0. The van der Waals surface area contributed by atoms with E-state index in [0.29, 0.717) is 12.5 Å². The molecule has 4 N–H and O–H groups in total. The molecule has 0 saturated heterocycles. The maximum Gasteiger partial charge on any atom is 0.573 e. The number of hydrogen-bond donors (Lipinski definition) is 2. The van der Waals surface area contributed by atoms with Crippen LogP contribution in [0.25, 0.3) is 0 Å². The number of halogens is 3. The Hall–Kier alpha value is -2.35. The van der Waals surface area contributed by atoms with Crippen LogP contribution in [0.3, 0.4) is 0 Å². The summed E-state index contributed by atoms with van der Waals surface area (Å²) < 4.78 is 38.7. The van der Waals surface area contributed by atoms with Gasteiger partial charge in [-0.1, -0.05) is 12.1 Å². The molecule has 0 radical (unpaired) electrons. The van der Waals surface area contributed by atoms with Crippen molar-refractivity contribution in [1.82, 2.24) is 9.97 Å². The van der Waals surface area contributed by atoms with Crippen molar-refractivity contribution in [2.24, 2.45) is 5.73 Å². The topological polar surface area (TPSA) is 87.0 Å². The Morgan fingerprint density at radius 2 is 1.60 bits per heavy atom. The molecular weight excluding hydrogens is 273 g/mol. The van der Waals surface area contributed by atoms with Crippen LogP contribution in [0.15, 0.2) is 42.7 Å². The molecule has 0 amide bonds. The number of alkyl halides is 3.